The summed E-state index contributed by atoms with van der Waals surface area (Å²) in [6, 6.07) is 48.6. The molecule has 0 aromatic heterocycles. The van der Waals surface area contributed by atoms with Gasteiger partial charge < -0.3 is 0 Å². The van der Waals surface area contributed by atoms with Crippen molar-refractivity contribution in [2.75, 3.05) is 0 Å². The van der Waals surface area contributed by atoms with Gasteiger partial charge in [-0.25, -0.2) is 0 Å². The second kappa shape index (κ2) is 11.1. The van der Waals surface area contributed by atoms with E-state index in [-0.39, 0.29) is 5.41 Å². The molecule has 0 aliphatic heterocycles. The van der Waals surface area contributed by atoms with E-state index in [1.165, 1.54) is 66.4 Å². The molecule has 41 heavy (non-hydrogen) atoms. The van der Waals surface area contributed by atoms with Crippen LogP contribution in [-0.4, -0.2) is 0 Å². The molecule has 1 aliphatic rings. The number of fused-ring (bicyclic) bond motifs is 4. The number of hydrogen-bond acceptors (Lipinski definition) is 0. The minimum Gasteiger partial charge on any atom is -0.0683 e. The average molecular weight is 529 g/mol. The van der Waals surface area contributed by atoms with Gasteiger partial charge in [0.05, 0.1) is 0 Å². The highest BCUT2D eigenvalue weighted by Crippen LogP contribution is 2.50. The molecule has 0 heterocycles. The van der Waals surface area contributed by atoms with Crippen LogP contribution < -0.4 is 0 Å². The third-order valence-corrected chi connectivity index (χ3v) is 8.27. The summed E-state index contributed by atoms with van der Waals surface area (Å²) in [5.74, 6) is 0. The van der Waals surface area contributed by atoms with Crippen LogP contribution in [0.25, 0.3) is 56.3 Å². The molecule has 1 aliphatic carbocycles. The molecule has 0 amide bonds. The second-order valence-electron chi connectivity index (χ2n) is 11.1. The highest BCUT2D eigenvalue weighted by molar-refractivity contribution is 5.88. The molecule has 0 atom stereocenters. The van der Waals surface area contributed by atoms with Crippen LogP contribution in [-0.2, 0) is 5.41 Å². The van der Waals surface area contributed by atoms with Crippen molar-refractivity contribution in [3.05, 3.63) is 156 Å². The van der Waals surface area contributed by atoms with Crippen molar-refractivity contribution in [1.82, 2.24) is 0 Å². The molecule has 0 fully saturated rings. The van der Waals surface area contributed by atoms with Crippen molar-refractivity contribution in [2.24, 2.45) is 0 Å². The first-order valence-corrected chi connectivity index (χ1v) is 14.7. The van der Waals surface area contributed by atoms with Gasteiger partial charge in [-0.2, -0.15) is 0 Å². The third kappa shape index (κ3) is 5.03. The zero-order valence-electron chi connectivity index (χ0n) is 24.4. The Hall–Kier alpha value is -4.68. The summed E-state index contributed by atoms with van der Waals surface area (Å²) >= 11 is 0. The lowest BCUT2D eigenvalue weighted by Gasteiger charge is -2.22. The summed E-state index contributed by atoms with van der Waals surface area (Å²) in [6.45, 7) is 8.71. The van der Waals surface area contributed by atoms with E-state index in [4.69, 9.17) is 0 Å². The van der Waals surface area contributed by atoms with E-state index in [0.29, 0.717) is 0 Å². The molecule has 200 valence electrons. The molecule has 0 bridgehead atoms. The van der Waals surface area contributed by atoms with Crippen molar-refractivity contribution in [2.45, 2.75) is 33.1 Å². The molecule has 6 aromatic carbocycles. The van der Waals surface area contributed by atoms with Crippen molar-refractivity contribution in [3.63, 3.8) is 0 Å². The van der Waals surface area contributed by atoms with Gasteiger partial charge in [-0.05, 0) is 78.5 Å². The molecule has 0 radical (unpaired) electrons. The van der Waals surface area contributed by atoms with Crippen LogP contribution in [0.1, 0.15) is 49.9 Å². The zero-order chi connectivity index (χ0) is 28.4. The van der Waals surface area contributed by atoms with Gasteiger partial charge in [0.15, 0.2) is 0 Å². The van der Waals surface area contributed by atoms with Crippen molar-refractivity contribution in [1.29, 1.82) is 0 Å². The Balaban J connectivity index is 0.00000148. The van der Waals surface area contributed by atoms with Crippen LogP contribution in [0.5, 0.6) is 0 Å². The molecular formula is C41H36. The molecule has 0 spiro atoms. The summed E-state index contributed by atoms with van der Waals surface area (Å²) < 4.78 is 0. The smallest absolute Gasteiger partial charge is 0.0159 e. The maximum atomic E-state index is 2.40. The highest BCUT2D eigenvalue weighted by Gasteiger charge is 2.35. The van der Waals surface area contributed by atoms with E-state index in [2.05, 4.69) is 159 Å². The van der Waals surface area contributed by atoms with Crippen LogP contribution >= 0.6 is 0 Å². The summed E-state index contributed by atoms with van der Waals surface area (Å²) in [5, 5.41) is 2.55. The van der Waals surface area contributed by atoms with Gasteiger partial charge in [-0.3, -0.25) is 0 Å². The first-order chi connectivity index (χ1) is 20.1. The normalized spacial score (nSPS) is 13.0. The van der Waals surface area contributed by atoms with Crippen molar-refractivity contribution < 1.29 is 0 Å². The van der Waals surface area contributed by atoms with E-state index in [1.807, 2.05) is 13.8 Å². The summed E-state index contributed by atoms with van der Waals surface area (Å²) in [5.41, 5.74) is 12.9. The van der Waals surface area contributed by atoms with Gasteiger partial charge in [0.25, 0.3) is 0 Å². The lowest BCUT2D eigenvalue weighted by molar-refractivity contribution is 0.660. The molecule has 7 rings (SSSR count). The number of benzene rings is 6. The Bertz CT molecular complexity index is 1850. The average Bonchev–Trinajstić information content (AvgIpc) is 3.26. The van der Waals surface area contributed by atoms with E-state index < -0.39 is 0 Å². The SMILES string of the molecule is CC.CC1(C)c2cc(/C=C/c3ccccc3)ccc2-c2ccc(-c3ccc(-c4ccc5ccccc5c4)cc3)cc21. The van der Waals surface area contributed by atoms with Crippen LogP contribution in [0.3, 0.4) is 0 Å². The quantitative estimate of drug-likeness (QED) is 0.200. The van der Waals surface area contributed by atoms with Gasteiger partial charge in [0.1, 0.15) is 0 Å². The summed E-state index contributed by atoms with van der Waals surface area (Å²) in [6.07, 6.45) is 4.41. The fourth-order valence-corrected chi connectivity index (χ4v) is 6.02. The minimum absolute atomic E-state index is 0.0533. The van der Waals surface area contributed by atoms with Gasteiger partial charge in [-0.1, -0.05) is 161 Å². The van der Waals surface area contributed by atoms with E-state index in [9.17, 15) is 0 Å². The number of hydrogen-bond donors (Lipinski definition) is 0. The van der Waals surface area contributed by atoms with Crippen LogP contribution in [0.15, 0.2) is 133 Å². The lowest BCUT2D eigenvalue weighted by atomic mass is 9.81. The maximum absolute atomic E-state index is 2.40. The molecule has 6 aromatic rings. The van der Waals surface area contributed by atoms with Gasteiger partial charge in [-0.15, -0.1) is 0 Å². The Morgan fingerprint density at radius 3 is 1.63 bits per heavy atom. The van der Waals surface area contributed by atoms with Gasteiger partial charge in [0.2, 0.25) is 0 Å². The largest absolute Gasteiger partial charge is 0.0683 e. The Morgan fingerprint density at radius 2 is 0.927 bits per heavy atom. The number of rotatable bonds is 4. The molecule has 0 unspecified atom stereocenters. The third-order valence-electron chi connectivity index (χ3n) is 8.27. The molecule has 0 N–H and O–H groups in total. The van der Waals surface area contributed by atoms with Crippen LogP contribution in [0, 0.1) is 0 Å². The van der Waals surface area contributed by atoms with Gasteiger partial charge >= 0.3 is 0 Å². The topological polar surface area (TPSA) is 0 Å². The molecule has 0 saturated heterocycles. The van der Waals surface area contributed by atoms with Crippen LogP contribution in [0.4, 0.5) is 0 Å². The first-order valence-electron chi connectivity index (χ1n) is 14.7. The minimum atomic E-state index is -0.0533. The zero-order valence-corrected chi connectivity index (χ0v) is 24.4. The molecule has 0 saturated carbocycles. The first kappa shape index (κ1) is 26.5. The monoisotopic (exact) mass is 528 g/mol. The predicted octanol–water partition coefficient (Wildman–Crippen LogP) is 11.7. The lowest BCUT2D eigenvalue weighted by Crippen LogP contribution is -2.15. The Kier molecular flexibility index (Phi) is 7.16. The Morgan fingerprint density at radius 1 is 0.415 bits per heavy atom. The maximum Gasteiger partial charge on any atom is 0.0159 e. The molecule has 0 heteroatoms. The van der Waals surface area contributed by atoms with E-state index >= 15 is 0 Å². The molecular weight excluding hydrogens is 492 g/mol. The summed E-state index contributed by atoms with van der Waals surface area (Å²) in [4.78, 5) is 0. The highest BCUT2D eigenvalue weighted by atomic mass is 14.4. The van der Waals surface area contributed by atoms with E-state index in [1.54, 1.807) is 0 Å². The van der Waals surface area contributed by atoms with Crippen LogP contribution in [0.2, 0.25) is 0 Å². The standard InChI is InChI=1S/C39H30.C2H6/c1-39(2)37-24-28(13-12-27-8-4-3-5-9-27)14-22-35(37)36-23-21-34(26-38(36)39)31-17-15-30(16-18-31)33-20-19-29-10-6-7-11-32(29)25-33;1-2/h3-26H,1-2H3;1-2H3/b13-12+;. The summed E-state index contributed by atoms with van der Waals surface area (Å²) in [7, 11) is 0. The van der Waals surface area contributed by atoms with Crippen molar-refractivity contribution >= 4 is 22.9 Å². The molecule has 0 nitrogen and oxygen atoms in total. The van der Waals surface area contributed by atoms with Crippen molar-refractivity contribution in [3.8, 4) is 33.4 Å². The second-order valence-corrected chi connectivity index (χ2v) is 11.1. The predicted molar refractivity (Wildman–Crippen MR) is 179 cm³/mol. The van der Waals surface area contributed by atoms with E-state index in [0.717, 1.165) is 0 Å². The Labute approximate surface area is 244 Å². The fraction of sp³-hybridized carbons (Fsp3) is 0.122. The van der Waals surface area contributed by atoms with Gasteiger partial charge in [0, 0.05) is 5.41 Å². The fourth-order valence-electron chi connectivity index (χ4n) is 6.02.